The van der Waals surface area contributed by atoms with Crippen LogP contribution in [0.4, 0.5) is 0 Å². The van der Waals surface area contributed by atoms with Crippen LogP contribution >= 0.6 is 11.8 Å². The average Bonchev–Trinajstić information content (AvgIpc) is 2.17. The van der Waals surface area contributed by atoms with Crippen molar-refractivity contribution in [2.45, 2.75) is 16.6 Å². The van der Waals surface area contributed by atoms with E-state index in [1.807, 2.05) is 30.3 Å². The second-order valence-corrected chi connectivity index (χ2v) is 4.21. The molecule has 0 spiro atoms. The summed E-state index contributed by atoms with van der Waals surface area (Å²) < 4.78 is 0. The SMILES string of the molecule is O=C(O)CC(CO)Sc1ccccc1. The fraction of sp³-hybridized carbons (Fsp3) is 0.300. The second-order valence-electron chi connectivity index (χ2n) is 2.83. The number of benzene rings is 1. The topological polar surface area (TPSA) is 57.5 Å². The summed E-state index contributed by atoms with van der Waals surface area (Å²) in [6, 6.07) is 9.47. The maximum atomic E-state index is 10.4. The number of hydrogen-bond donors (Lipinski definition) is 2. The maximum Gasteiger partial charge on any atom is 0.304 e. The molecular weight excluding hydrogens is 200 g/mol. The number of carbonyl (C=O) groups is 1. The number of rotatable bonds is 5. The smallest absolute Gasteiger partial charge is 0.304 e. The highest BCUT2D eigenvalue weighted by molar-refractivity contribution is 8.00. The van der Waals surface area contributed by atoms with Gasteiger partial charge in [-0.15, -0.1) is 11.8 Å². The summed E-state index contributed by atoms with van der Waals surface area (Å²) in [6.07, 6.45) is -0.0178. The minimum Gasteiger partial charge on any atom is -0.481 e. The summed E-state index contributed by atoms with van der Waals surface area (Å²) in [5.74, 6) is -0.882. The van der Waals surface area contributed by atoms with Crippen LogP contribution in [0.15, 0.2) is 35.2 Å². The molecule has 1 aromatic rings. The molecule has 0 bridgehead atoms. The van der Waals surface area contributed by atoms with Crippen molar-refractivity contribution in [3.63, 3.8) is 0 Å². The Morgan fingerprint density at radius 1 is 1.36 bits per heavy atom. The molecule has 0 heterocycles. The van der Waals surface area contributed by atoms with Gasteiger partial charge in [-0.25, -0.2) is 0 Å². The Labute approximate surface area is 86.8 Å². The molecule has 4 heteroatoms. The zero-order valence-corrected chi connectivity index (χ0v) is 8.41. The van der Waals surface area contributed by atoms with Gasteiger partial charge in [0.1, 0.15) is 0 Å². The summed E-state index contributed by atoms with van der Waals surface area (Å²) >= 11 is 1.39. The summed E-state index contributed by atoms with van der Waals surface area (Å²) in [7, 11) is 0. The lowest BCUT2D eigenvalue weighted by atomic mass is 10.3. The molecule has 3 nitrogen and oxygen atoms in total. The quantitative estimate of drug-likeness (QED) is 0.728. The van der Waals surface area contributed by atoms with E-state index >= 15 is 0 Å². The summed E-state index contributed by atoms with van der Waals surface area (Å²) in [4.78, 5) is 11.4. The molecule has 0 aliphatic carbocycles. The van der Waals surface area contributed by atoms with Gasteiger partial charge in [-0.2, -0.15) is 0 Å². The van der Waals surface area contributed by atoms with Crippen molar-refractivity contribution in [3.05, 3.63) is 30.3 Å². The Morgan fingerprint density at radius 2 is 2.00 bits per heavy atom. The molecule has 1 rings (SSSR count). The Bertz CT molecular complexity index is 287. The summed E-state index contributed by atoms with van der Waals surface area (Å²) in [5, 5.41) is 17.3. The lowest BCUT2D eigenvalue weighted by Crippen LogP contribution is -2.13. The molecule has 1 atom stereocenters. The van der Waals surface area contributed by atoms with Gasteiger partial charge in [-0.05, 0) is 12.1 Å². The normalized spacial score (nSPS) is 12.4. The van der Waals surface area contributed by atoms with Crippen LogP contribution in [0.2, 0.25) is 0 Å². The molecule has 2 N–H and O–H groups in total. The van der Waals surface area contributed by atoms with Crippen LogP contribution in [0.5, 0.6) is 0 Å². The van der Waals surface area contributed by atoms with Crippen LogP contribution in [0.1, 0.15) is 6.42 Å². The van der Waals surface area contributed by atoms with Gasteiger partial charge in [0.15, 0.2) is 0 Å². The Kier molecular flexibility index (Phi) is 4.49. The molecule has 0 saturated carbocycles. The van der Waals surface area contributed by atoms with Crippen molar-refractivity contribution in [3.8, 4) is 0 Å². The molecule has 0 aliphatic heterocycles. The van der Waals surface area contributed by atoms with Crippen LogP contribution in [0.3, 0.4) is 0 Å². The fourth-order valence-electron chi connectivity index (χ4n) is 1.03. The third kappa shape index (κ3) is 3.81. The molecule has 0 saturated heterocycles. The fourth-order valence-corrected chi connectivity index (χ4v) is 2.03. The molecule has 0 amide bonds. The van der Waals surface area contributed by atoms with E-state index in [9.17, 15) is 4.79 Å². The van der Waals surface area contributed by atoms with Gasteiger partial charge < -0.3 is 10.2 Å². The lowest BCUT2D eigenvalue weighted by molar-refractivity contribution is -0.137. The number of aliphatic hydroxyl groups is 1. The first-order valence-corrected chi connectivity index (χ1v) is 5.14. The van der Waals surface area contributed by atoms with Crippen molar-refractivity contribution < 1.29 is 15.0 Å². The first kappa shape index (κ1) is 11.1. The van der Waals surface area contributed by atoms with E-state index in [-0.39, 0.29) is 18.3 Å². The minimum atomic E-state index is -0.882. The van der Waals surface area contributed by atoms with E-state index in [0.29, 0.717) is 0 Å². The monoisotopic (exact) mass is 212 g/mol. The van der Waals surface area contributed by atoms with E-state index in [0.717, 1.165) is 4.90 Å². The highest BCUT2D eigenvalue weighted by Crippen LogP contribution is 2.24. The number of thioether (sulfide) groups is 1. The van der Waals surface area contributed by atoms with Crippen molar-refractivity contribution >= 4 is 17.7 Å². The van der Waals surface area contributed by atoms with E-state index < -0.39 is 5.97 Å². The molecule has 0 aliphatic rings. The highest BCUT2D eigenvalue weighted by atomic mass is 32.2. The molecule has 0 aromatic heterocycles. The molecule has 0 fully saturated rings. The Balaban J connectivity index is 2.53. The van der Waals surface area contributed by atoms with E-state index in [4.69, 9.17) is 10.2 Å². The Morgan fingerprint density at radius 3 is 2.50 bits per heavy atom. The minimum absolute atomic E-state index is 0.0178. The third-order valence-corrected chi connectivity index (χ3v) is 2.85. The van der Waals surface area contributed by atoms with Crippen molar-refractivity contribution in [2.75, 3.05) is 6.61 Å². The van der Waals surface area contributed by atoms with Gasteiger partial charge >= 0.3 is 5.97 Å². The lowest BCUT2D eigenvalue weighted by Gasteiger charge is -2.10. The van der Waals surface area contributed by atoms with Gasteiger partial charge in [-0.3, -0.25) is 4.79 Å². The zero-order valence-electron chi connectivity index (χ0n) is 7.59. The molecule has 0 radical (unpaired) electrons. The second kappa shape index (κ2) is 5.67. The largest absolute Gasteiger partial charge is 0.481 e. The predicted octanol–water partition coefficient (Wildman–Crippen LogP) is 1.61. The summed E-state index contributed by atoms with van der Waals surface area (Å²) in [5.41, 5.74) is 0. The van der Waals surface area contributed by atoms with E-state index in [1.54, 1.807) is 0 Å². The van der Waals surface area contributed by atoms with E-state index in [1.165, 1.54) is 11.8 Å². The molecule has 1 unspecified atom stereocenters. The number of aliphatic carboxylic acids is 1. The average molecular weight is 212 g/mol. The van der Waals surface area contributed by atoms with Crippen LogP contribution in [-0.2, 0) is 4.79 Å². The van der Waals surface area contributed by atoms with E-state index in [2.05, 4.69) is 0 Å². The van der Waals surface area contributed by atoms with Gasteiger partial charge in [-0.1, -0.05) is 18.2 Å². The first-order chi connectivity index (χ1) is 6.72. The standard InChI is InChI=1S/C10H12O3S/c11-7-9(6-10(12)13)14-8-4-2-1-3-5-8/h1-5,9,11H,6-7H2,(H,12,13). The van der Waals surface area contributed by atoms with Crippen LogP contribution in [-0.4, -0.2) is 28.0 Å². The van der Waals surface area contributed by atoms with Gasteiger partial charge in [0.2, 0.25) is 0 Å². The van der Waals surface area contributed by atoms with Crippen molar-refractivity contribution in [2.24, 2.45) is 0 Å². The predicted molar refractivity (Wildman–Crippen MR) is 55.4 cm³/mol. The molecule has 76 valence electrons. The number of aliphatic hydroxyl groups excluding tert-OH is 1. The van der Waals surface area contributed by atoms with Crippen LogP contribution in [0, 0.1) is 0 Å². The molecule has 14 heavy (non-hydrogen) atoms. The number of carboxylic acid groups (broad SMARTS) is 1. The Hall–Kier alpha value is -1.00. The highest BCUT2D eigenvalue weighted by Gasteiger charge is 2.13. The molecular formula is C10H12O3S. The van der Waals surface area contributed by atoms with Crippen molar-refractivity contribution in [1.29, 1.82) is 0 Å². The first-order valence-electron chi connectivity index (χ1n) is 4.26. The van der Waals surface area contributed by atoms with Gasteiger partial charge in [0.05, 0.1) is 13.0 Å². The summed E-state index contributed by atoms with van der Waals surface area (Å²) in [6.45, 7) is -0.119. The zero-order chi connectivity index (χ0) is 10.4. The number of carboxylic acids is 1. The van der Waals surface area contributed by atoms with Crippen LogP contribution < -0.4 is 0 Å². The number of hydrogen-bond acceptors (Lipinski definition) is 3. The van der Waals surface area contributed by atoms with Crippen molar-refractivity contribution in [1.82, 2.24) is 0 Å². The van der Waals surface area contributed by atoms with Gasteiger partial charge in [0, 0.05) is 10.1 Å². The van der Waals surface area contributed by atoms with Crippen LogP contribution in [0.25, 0.3) is 0 Å². The molecule has 1 aromatic carbocycles. The maximum absolute atomic E-state index is 10.4. The van der Waals surface area contributed by atoms with Gasteiger partial charge in [0.25, 0.3) is 0 Å². The third-order valence-electron chi connectivity index (χ3n) is 1.65.